The molecular weight excluding hydrogens is 244 g/mol. The maximum atomic E-state index is 9.78. The van der Waals surface area contributed by atoms with Crippen LogP contribution in [0.2, 0.25) is 0 Å². The average molecular weight is 258 g/mol. The average Bonchev–Trinajstić information content (AvgIpc) is 2.46. The molecule has 0 spiro atoms. The Morgan fingerprint density at radius 2 is 2.05 bits per heavy atom. The van der Waals surface area contributed by atoms with Crippen molar-refractivity contribution in [1.29, 1.82) is 0 Å². The zero-order chi connectivity index (χ0) is 13.2. The molecule has 4 heteroatoms. The molecule has 0 fully saturated rings. The fourth-order valence-corrected chi connectivity index (χ4v) is 2.07. The predicted molar refractivity (Wildman–Crippen MR) is 69.3 cm³/mol. The number of benzene rings is 2. The first-order valence-electron chi connectivity index (χ1n) is 6.01. The van der Waals surface area contributed by atoms with Crippen LogP contribution in [0.1, 0.15) is 17.4 Å². The minimum Gasteiger partial charge on any atom is -0.504 e. The van der Waals surface area contributed by atoms with E-state index in [0.717, 1.165) is 16.9 Å². The Labute approximate surface area is 111 Å². The van der Waals surface area contributed by atoms with Gasteiger partial charge in [0.2, 0.25) is 6.29 Å². The molecule has 98 valence electrons. The predicted octanol–water partition coefficient (Wildman–Crippen LogP) is 3.01. The Morgan fingerprint density at radius 1 is 1.21 bits per heavy atom. The summed E-state index contributed by atoms with van der Waals surface area (Å²) < 4.78 is 16.4. The number of fused-ring (bicyclic) bond motifs is 1. The second kappa shape index (κ2) is 4.82. The molecule has 2 aromatic rings. The highest BCUT2D eigenvalue weighted by Crippen LogP contribution is 2.35. The van der Waals surface area contributed by atoms with Crippen LogP contribution in [0.5, 0.6) is 17.2 Å². The molecule has 0 saturated carbocycles. The standard InChI is InChI=1S/C15H14O4/c1-17-14-7-6-10(8-12(14)16)15-18-9-11-4-2-3-5-13(11)19-15/h2-8,15-16H,9H2,1H3/t15-/m1/s1. The van der Waals surface area contributed by atoms with Gasteiger partial charge in [-0.1, -0.05) is 18.2 Å². The minimum absolute atomic E-state index is 0.0751. The van der Waals surface area contributed by atoms with E-state index in [2.05, 4.69) is 0 Å². The topological polar surface area (TPSA) is 47.9 Å². The van der Waals surface area contributed by atoms with Gasteiger partial charge in [0.25, 0.3) is 0 Å². The number of ether oxygens (including phenoxy) is 3. The van der Waals surface area contributed by atoms with Crippen LogP contribution >= 0.6 is 0 Å². The second-order valence-corrected chi connectivity index (χ2v) is 4.30. The lowest BCUT2D eigenvalue weighted by atomic mass is 10.1. The monoisotopic (exact) mass is 258 g/mol. The van der Waals surface area contributed by atoms with E-state index >= 15 is 0 Å². The van der Waals surface area contributed by atoms with Crippen molar-refractivity contribution < 1.29 is 19.3 Å². The van der Waals surface area contributed by atoms with Crippen LogP contribution in [-0.4, -0.2) is 12.2 Å². The zero-order valence-corrected chi connectivity index (χ0v) is 10.5. The van der Waals surface area contributed by atoms with Gasteiger partial charge in [-0.05, 0) is 24.3 Å². The number of phenols is 1. The summed E-state index contributed by atoms with van der Waals surface area (Å²) in [6.45, 7) is 0.494. The summed E-state index contributed by atoms with van der Waals surface area (Å²) in [4.78, 5) is 0. The third kappa shape index (κ3) is 2.22. The Hall–Kier alpha value is -2.20. The maximum absolute atomic E-state index is 9.78. The van der Waals surface area contributed by atoms with E-state index in [4.69, 9.17) is 14.2 Å². The highest BCUT2D eigenvalue weighted by molar-refractivity contribution is 5.43. The van der Waals surface area contributed by atoms with Crippen molar-refractivity contribution in [2.45, 2.75) is 12.9 Å². The van der Waals surface area contributed by atoms with Crippen molar-refractivity contribution in [3.63, 3.8) is 0 Å². The van der Waals surface area contributed by atoms with Gasteiger partial charge >= 0.3 is 0 Å². The van der Waals surface area contributed by atoms with Gasteiger partial charge < -0.3 is 19.3 Å². The van der Waals surface area contributed by atoms with Crippen LogP contribution in [0.15, 0.2) is 42.5 Å². The number of hydrogen-bond donors (Lipinski definition) is 1. The van der Waals surface area contributed by atoms with Crippen molar-refractivity contribution in [3.05, 3.63) is 53.6 Å². The lowest BCUT2D eigenvalue weighted by Crippen LogP contribution is -2.17. The van der Waals surface area contributed by atoms with Crippen LogP contribution in [0, 0.1) is 0 Å². The van der Waals surface area contributed by atoms with Gasteiger partial charge in [-0.25, -0.2) is 0 Å². The number of aromatic hydroxyl groups is 1. The Bertz CT molecular complexity index is 594. The molecule has 1 N–H and O–H groups in total. The lowest BCUT2D eigenvalue weighted by molar-refractivity contribution is -0.111. The summed E-state index contributed by atoms with van der Waals surface area (Å²) in [5.41, 5.74) is 1.78. The molecule has 1 heterocycles. The molecule has 0 bridgehead atoms. The fourth-order valence-electron chi connectivity index (χ4n) is 2.07. The molecule has 1 atom stereocenters. The van der Waals surface area contributed by atoms with Crippen LogP contribution in [0.4, 0.5) is 0 Å². The van der Waals surface area contributed by atoms with E-state index < -0.39 is 6.29 Å². The molecule has 4 nitrogen and oxygen atoms in total. The Balaban J connectivity index is 1.87. The molecule has 2 aromatic carbocycles. The molecule has 1 aliphatic rings. The van der Waals surface area contributed by atoms with Gasteiger partial charge in [0, 0.05) is 11.1 Å². The Morgan fingerprint density at radius 3 is 2.84 bits per heavy atom. The van der Waals surface area contributed by atoms with E-state index in [-0.39, 0.29) is 5.75 Å². The number of rotatable bonds is 2. The Kier molecular flexibility index (Phi) is 3.01. The molecule has 0 saturated heterocycles. The molecule has 0 aromatic heterocycles. The number of hydrogen-bond acceptors (Lipinski definition) is 4. The van der Waals surface area contributed by atoms with Crippen molar-refractivity contribution in [1.82, 2.24) is 0 Å². The number of methoxy groups -OCH3 is 1. The van der Waals surface area contributed by atoms with E-state index in [0.29, 0.717) is 12.4 Å². The smallest absolute Gasteiger partial charge is 0.227 e. The molecule has 0 amide bonds. The molecule has 3 rings (SSSR count). The summed E-state index contributed by atoms with van der Waals surface area (Å²) in [5, 5.41) is 9.78. The maximum Gasteiger partial charge on any atom is 0.227 e. The first-order valence-corrected chi connectivity index (χ1v) is 6.01. The SMILES string of the molecule is COc1ccc([C@@H]2OCc3ccccc3O2)cc1O. The van der Waals surface area contributed by atoms with Gasteiger partial charge in [-0.3, -0.25) is 0 Å². The summed E-state index contributed by atoms with van der Waals surface area (Å²) in [6, 6.07) is 12.9. The third-order valence-electron chi connectivity index (χ3n) is 3.07. The van der Waals surface area contributed by atoms with E-state index in [9.17, 15) is 5.11 Å². The van der Waals surface area contributed by atoms with Crippen LogP contribution in [0.25, 0.3) is 0 Å². The molecular formula is C15H14O4. The molecule has 0 aliphatic carbocycles. The zero-order valence-electron chi connectivity index (χ0n) is 10.5. The van der Waals surface area contributed by atoms with E-state index in [1.54, 1.807) is 12.1 Å². The summed E-state index contributed by atoms with van der Waals surface area (Å²) in [7, 11) is 1.51. The first kappa shape index (κ1) is 11.9. The van der Waals surface area contributed by atoms with Gasteiger partial charge in [0.05, 0.1) is 13.7 Å². The highest BCUT2D eigenvalue weighted by Gasteiger charge is 2.22. The fraction of sp³-hybridized carbons (Fsp3) is 0.200. The largest absolute Gasteiger partial charge is 0.504 e. The summed E-state index contributed by atoms with van der Waals surface area (Å²) >= 11 is 0. The van der Waals surface area contributed by atoms with E-state index in [1.807, 2.05) is 30.3 Å². The van der Waals surface area contributed by atoms with Gasteiger partial charge in [0.15, 0.2) is 11.5 Å². The number of phenolic OH excluding ortho intramolecular Hbond substituents is 1. The normalized spacial score (nSPS) is 17.4. The first-order chi connectivity index (χ1) is 9.28. The molecule has 0 radical (unpaired) electrons. The van der Waals surface area contributed by atoms with Crippen LogP contribution in [0.3, 0.4) is 0 Å². The molecule has 19 heavy (non-hydrogen) atoms. The molecule has 0 unspecified atom stereocenters. The van der Waals surface area contributed by atoms with Crippen molar-refractivity contribution >= 4 is 0 Å². The van der Waals surface area contributed by atoms with Crippen molar-refractivity contribution in [2.75, 3.05) is 7.11 Å². The van der Waals surface area contributed by atoms with Crippen molar-refractivity contribution in [3.8, 4) is 17.2 Å². The van der Waals surface area contributed by atoms with Crippen molar-refractivity contribution in [2.24, 2.45) is 0 Å². The van der Waals surface area contributed by atoms with E-state index in [1.165, 1.54) is 7.11 Å². The van der Waals surface area contributed by atoms with Gasteiger partial charge in [-0.2, -0.15) is 0 Å². The lowest BCUT2D eigenvalue weighted by Gasteiger charge is -2.26. The molecule has 1 aliphatic heterocycles. The van der Waals surface area contributed by atoms with Gasteiger partial charge in [0.1, 0.15) is 5.75 Å². The third-order valence-corrected chi connectivity index (χ3v) is 3.07. The summed E-state index contributed by atoms with van der Waals surface area (Å²) in [5.74, 6) is 1.32. The van der Waals surface area contributed by atoms with Crippen LogP contribution in [-0.2, 0) is 11.3 Å². The minimum atomic E-state index is -0.508. The second-order valence-electron chi connectivity index (χ2n) is 4.30. The summed E-state index contributed by atoms with van der Waals surface area (Å²) in [6.07, 6.45) is -0.508. The quantitative estimate of drug-likeness (QED) is 0.899. The van der Waals surface area contributed by atoms with Crippen LogP contribution < -0.4 is 9.47 Å². The highest BCUT2D eigenvalue weighted by atomic mass is 16.7. The van der Waals surface area contributed by atoms with Gasteiger partial charge in [-0.15, -0.1) is 0 Å². The number of para-hydroxylation sites is 1.